The Hall–Kier alpha value is -1.63. The Labute approximate surface area is 106 Å². The maximum Gasteiger partial charge on any atom is 0.326 e. The van der Waals surface area contributed by atoms with Gasteiger partial charge in [0, 0.05) is 25.4 Å². The van der Waals surface area contributed by atoms with E-state index in [0.717, 1.165) is 0 Å². The van der Waals surface area contributed by atoms with E-state index in [1.807, 2.05) is 13.8 Å². The van der Waals surface area contributed by atoms with Crippen molar-refractivity contribution in [2.24, 2.45) is 0 Å². The maximum atomic E-state index is 11.4. The molecule has 7 heteroatoms. The molecule has 7 nitrogen and oxygen atoms in total. The molecule has 1 atom stereocenters. The molecule has 0 saturated carbocycles. The standard InChI is InChI=1S/C11H20N2O5/c1-7(2)12-6-5-9(14)13-8(11(17)18)3-4-10(15)16/h7-8,12H,3-6H2,1-2H3,(H,13,14)(H,15,16)(H,17,18). The van der Waals surface area contributed by atoms with Crippen molar-refractivity contribution in [2.45, 2.75) is 45.2 Å². The smallest absolute Gasteiger partial charge is 0.326 e. The topological polar surface area (TPSA) is 116 Å². The van der Waals surface area contributed by atoms with Gasteiger partial charge in [0.2, 0.25) is 5.91 Å². The van der Waals surface area contributed by atoms with E-state index in [2.05, 4.69) is 10.6 Å². The van der Waals surface area contributed by atoms with E-state index in [1.165, 1.54) is 0 Å². The van der Waals surface area contributed by atoms with Gasteiger partial charge in [-0.3, -0.25) is 9.59 Å². The molecule has 0 aromatic carbocycles. The van der Waals surface area contributed by atoms with Crippen molar-refractivity contribution in [2.75, 3.05) is 6.54 Å². The lowest BCUT2D eigenvalue weighted by Crippen LogP contribution is -2.42. The summed E-state index contributed by atoms with van der Waals surface area (Å²) in [6.07, 6.45) is -0.245. The molecular formula is C11H20N2O5. The average Bonchev–Trinajstić information content (AvgIpc) is 2.22. The zero-order chi connectivity index (χ0) is 14.1. The number of carboxylic acid groups (broad SMARTS) is 2. The van der Waals surface area contributed by atoms with Gasteiger partial charge in [0.05, 0.1) is 0 Å². The van der Waals surface area contributed by atoms with E-state index in [4.69, 9.17) is 10.2 Å². The molecule has 0 saturated heterocycles. The van der Waals surface area contributed by atoms with Gasteiger partial charge in [0.25, 0.3) is 0 Å². The molecule has 0 fully saturated rings. The molecule has 0 aromatic rings. The molecule has 18 heavy (non-hydrogen) atoms. The number of carbonyl (C=O) groups excluding carboxylic acids is 1. The average molecular weight is 260 g/mol. The molecule has 1 unspecified atom stereocenters. The molecule has 0 radical (unpaired) electrons. The predicted molar refractivity (Wildman–Crippen MR) is 64.2 cm³/mol. The molecule has 1 amide bonds. The molecule has 0 aliphatic rings. The van der Waals surface area contributed by atoms with Crippen molar-refractivity contribution in [3.05, 3.63) is 0 Å². The summed E-state index contributed by atoms with van der Waals surface area (Å²) in [5.41, 5.74) is 0. The van der Waals surface area contributed by atoms with Gasteiger partial charge in [-0.1, -0.05) is 13.8 Å². The quantitative estimate of drug-likeness (QED) is 0.456. The number of rotatable bonds is 9. The van der Waals surface area contributed by atoms with Crippen molar-refractivity contribution in [3.63, 3.8) is 0 Å². The highest BCUT2D eigenvalue weighted by Crippen LogP contribution is 1.98. The third kappa shape index (κ3) is 8.51. The van der Waals surface area contributed by atoms with Gasteiger partial charge in [-0.15, -0.1) is 0 Å². The Kier molecular flexibility index (Phi) is 7.69. The van der Waals surface area contributed by atoms with Crippen LogP contribution in [-0.4, -0.2) is 46.7 Å². The van der Waals surface area contributed by atoms with E-state index >= 15 is 0 Å². The molecule has 0 rings (SSSR count). The number of carbonyl (C=O) groups is 3. The Morgan fingerprint density at radius 1 is 1.11 bits per heavy atom. The Morgan fingerprint density at radius 3 is 2.17 bits per heavy atom. The Balaban J connectivity index is 4.04. The first-order valence-electron chi connectivity index (χ1n) is 5.80. The molecule has 0 aliphatic carbocycles. The summed E-state index contributed by atoms with van der Waals surface area (Å²) in [5, 5.41) is 22.6. The van der Waals surface area contributed by atoms with Gasteiger partial charge in [0.1, 0.15) is 6.04 Å². The summed E-state index contributed by atoms with van der Waals surface area (Å²) in [4.78, 5) is 32.6. The number of carboxylic acids is 2. The highest BCUT2D eigenvalue weighted by atomic mass is 16.4. The molecule has 4 N–H and O–H groups in total. The minimum absolute atomic E-state index is 0.117. The zero-order valence-electron chi connectivity index (χ0n) is 10.6. The van der Waals surface area contributed by atoms with Crippen LogP contribution in [0.25, 0.3) is 0 Å². The molecular weight excluding hydrogens is 240 g/mol. The van der Waals surface area contributed by atoms with Crippen LogP contribution >= 0.6 is 0 Å². The number of nitrogens with one attached hydrogen (secondary N) is 2. The molecule has 0 aromatic heterocycles. The van der Waals surface area contributed by atoms with Crippen LogP contribution in [0.5, 0.6) is 0 Å². The van der Waals surface area contributed by atoms with Crippen LogP contribution in [-0.2, 0) is 14.4 Å². The van der Waals surface area contributed by atoms with Crippen molar-refractivity contribution < 1.29 is 24.6 Å². The van der Waals surface area contributed by atoms with Crippen LogP contribution in [0.2, 0.25) is 0 Å². The first-order chi connectivity index (χ1) is 8.32. The summed E-state index contributed by atoms with van der Waals surface area (Å²) >= 11 is 0. The monoisotopic (exact) mass is 260 g/mol. The van der Waals surface area contributed by atoms with Crippen LogP contribution in [0.15, 0.2) is 0 Å². The Morgan fingerprint density at radius 2 is 1.72 bits per heavy atom. The van der Waals surface area contributed by atoms with Crippen LogP contribution in [0.4, 0.5) is 0 Å². The summed E-state index contributed by atoms with van der Waals surface area (Å²) in [7, 11) is 0. The lowest BCUT2D eigenvalue weighted by molar-refractivity contribution is -0.143. The van der Waals surface area contributed by atoms with E-state index in [-0.39, 0.29) is 25.3 Å². The van der Waals surface area contributed by atoms with Gasteiger partial charge >= 0.3 is 11.9 Å². The fourth-order valence-corrected chi connectivity index (χ4v) is 1.27. The Bertz CT molecular complexity index is 304. The summed E-state index contributed by atoms with van der Waals surface area (Å²) in [6.45, 7) is 4.32. The lowest BCUT2D eigenvalue weighted by atomic mass is 10.1. The SMILES string of the molecule is CC(C)NCCC(=O)NC(CCC(=O)O)C(=O)O. The second-order valence-corrected chi connectivity index (χ2v) is 4.25. The van der Waals surface area contributed by atoms with Crippen molar-refractivity contribution in [3.8, 4) is 0 Å². The number of hydrogen-bond acceptors (Lipinski definition) is 4. The highest BCUT2D eigenvalue weighted by molar-refractivity contribution is 5.84. The van der Waals surface area contributed by atoms with Crippen LogP contribution in [0.1, 0.15) is 33.1 Å². The normalized spacial score (nSPS) is 12.2. The highest BCUT2D eigenvalue weighted by Gasteiger charge is 2.20. The van der Waals surface area contributed by atoms with Gasteiger partial charge < -0.3 is 20.8 Å². The molecule has 104 valence electrons. The second-order valence-electron chi connectivity index (χ2n) is 4.25. The second kappa shape index (κ2) is 8.46. The fraction of sp³-hybridized carbons (Fsp3) is 0.727. The van der Waals surface area contributed by atoms with Gasteiger partial charge in [-0.2, -0.15) is 0 Å². The number of amides is 1. The van der Waals surface area contributed by atoms with Gasteiger partial charge in [0.15, 0.2) is 0 Å². The maximum absolute atomic E-state index is 11.4. The van der Waals surface area contributed by atoms with E-state index in [9.17, 15) is 14.4 Å². The summed E-state index contributed by atoms with van der Waals surface area (Å²) in [5.74, 6) is -2.71. The van der Waals surface area contributed by atoms with Gasteiger partial charge in [-0.25, -0.2) is 4.79 Å². The van der Waals surface area contributed by atoms with E-state index < -0.39 is 23.9 Å². The van der Waals surface area contributed by atoms with E-state index in [1.54, 1.807) is 0 Å². The fourth-order valence-electron chi connectivity index (χ4n) is 1.27. The minimum atomic E-state index is -1.22. The van der Waals surface area contributed by atoms with Crippen molar-refractivity contribution in [1.29, 1.82) is 0 Å². The first-order valence-corrected chi connectivity index (χ1v) is 5.80. The molecule has 0 aliphatic heterocycles. The number of aliphatic carboxylic acids is 2. The van der Waals surface area contributed by atoms with Crippen LogP contribution in [0, 0.1) is 0 Å². The third-order valence-electron chi connectivity index (χ3n) is 2.18. The summed E-state index contributed by atoms with van der Waals surface area (Å²) < 4.78 is 0. The number of hydrogen-bond donors (Lipinski definition) is 4. The van der Waals surface area contributed by atoms with Crippen molar-refractivity contribution in [1.82, 2.24) is 10.6 Å². The van der Waals surface area contributed by atoms with Gasteiger partial charge in [-0.05, 0) is 6.42 Å². The summed E-state index contributed by atoms with van der Waals surface area (Å²) in [6, 6.07) is -0.896. The van der Waals surface area contributed by atoms with Crippen LogP contribution < -0.4 is 10.6 Å². The molecule has 0 spiro atoms. The third-order valence-corrected chi connectivity index (χ3v) is 2.18. The molecule has 0 bridgehead atoms. The largest absolute Gasteiger partial charge is 0.481 e. The van der Waals surface area contributed by atoms with Crippen molar-refractivity contribution >= 4 is 17.8 Å². The predicted octanol–water partition coefficient (Wildman–Crippen LogP) is -0.191. The lowest BCUT2D eigenvalue weighted by Gasteiger charge is -2.14. The first kappa shape index (κ1) is 16.4. The van der Waals surface area contributed by atoms with E-state index in [0.29, 0.717) is 6.54 Å². The minimum Gasteiger partial charge on any atom is -0.481 e. The van der Waals surface area contributed by atoms with Crippen LogP contribution in [0.3, 0.4) is 0 Å². The molecule has 0 heterocycles. The zero-order valence-corrected chi connectivity index (χ0v) is 10.6.